The van der Waals surface area contributed by atoms with E-state index in [-0.39, 0.29) is 18.7 Å². The minimum Gasteiger partial charge on any atom is -0.454 e. The van der Waals surface area contributed by atoms with Gasteiger partial charge in [0, 0.05) is 4.90 Å². The van der Waals surface area contributed by atoms with Crippen molar-refractivity contribution in [3.8, 4) is 11.5 Å². The van der Waals surface area contributed by atoms with Gasteiger partial charge in [0.25, 0.3) is 5.91 Å². The van der Waals surface area contributed by atoms with Gasteiger partial charge in [-0.25, -0.2) is 0 Å². The number of benzene rings is 2. The van der Waals surface area contributed by atoms with E-state index < -0.39 is 0 Å². The van der Waals surface area contributed by atoms with E-state index in [0.29, 0.717) is 5.56 Å². The van der Waals surface area contributed by atoms with E-state index in [1.54, 1.807) is 11.8 Å². The van der Waals surface area contributed by atoms with Gasteiger partial charge in [-0.05, 0) is 42.5 Å². The molecule has 1 amide bonds. The number of ether oxygens (including phenoxy) is 2. The quantitative estimate of drug-likeness (QED) is 0.842. The summed E-state index contributed by atoms with van der Waals surface area (Å²) in [6.07, 6.45) is 0. The SMILES string of the molecule is CCSc1ccccc1C(=O)NC(C)c1ccc2c(c1)OCO2. The highest BCUT2D eigenvalue weighted by molar-refractivity contribution is 7.99. The van der Waals surface area contributed by atoms with E-state index >= 15 is 0 Å². The number of fused-ring (bicyclic) bond motifs is 1. The van der Waals surface area contributed by atoms with Crippen molar-refractivity contribution in [2.24, 2.45) is 0 Å². The van der Waals surface area contributed by atoms with Gasteiger partial charge in [0.2, 0.25) is 6.79 Å². The second-order valence-corrected chi connectivity index (χ2v) is 6.54. The van der Waals surface area contributed by atoms with Gasteiger partial charge in [-0.1, -0.05) is 25.1 Å². The molecule has 23 heavy (non-hydrogen) atoms. The molecule has 1 aliphatic heterocycles. The lowest BCUT2D eigenvalue weighted by atomic mass is 10.1. The molecule has 2 aromatic carbocycles. The molecule has 0 aromatic heterocycles. The van der Waals surface area contributed by atoms with Gasteiger partial charge >= 0.3 is 0 Å². The number of thioether (sulfide) groups is 1. The Bertz CT molecular complexity index is 717. The molecule has 0 aliphatic carbocycles. The van der Waals surface area contributed by atoms with E-state index in [9.17, 15) is 4.79 Å². The molecule has 0 spiro atoms. The fourth-order valence-corrected chi connectivity index (χ4v) is 3.28. The molecule has 1 N–H and O–H groups in total. The highest BCUT2D eigenvalue weighted by Crippen LogP contribution is 2.34. The summed E-state index contributed by atoms with van der Waals surface area (Å²) in [7, 11) is 0. The highest BCUT2D eigenvalue weighted by Gasteiger charge is 2.18. The van der Waals surface area contributed by atoms with Crippen LogP contribution >= 0.6 is 11.8 Å². The molecule has 0 bridgehead atoms. The summed E-state index contributed by atoms with van der Waals surface area (Å²) in [4.78, 5) is 13.6. The molecule has 3 rings (SSSR count). The molecule has 2 aromatic rings. The van der Waals surface area contributed by atoms with Gasteiger partial charge in [-0.15, -0.1) is 11.8 Å². The van der Waals surface area contributed by atoms with Gasteiger partial charge in [0.05, 0.1) is 11.6 Å². The van der Waals surface area contributed by atoms with Gasteiger partial charge in [-0.2, -0.15) is 0 Å². The number of rotatable bonds is 5. The van der Waals surface area contributed by atoms with Crippen molar-refractivity contribution in [3.05, 3.63) is 53.6 Å². The predicted molar refractivity (Wildman–Crippen MR) is 91.3 cm³/mol. The average Bonchev–Trinajstić information content (AvgIpc) is 3.03. The summed E-state index contributed by atoms with van der Waals surface area (Å²) in [5.41, 5.74) is 1.70. The van der Waals surface area contributed by atoms with E-state index in [4.69, 9.17) is 9.47 Å². The summed E-state index contributed by atoms with van der Waals surface area (Å²) in [6.45, 7) is 4.29. The third kappa shape index (κ3) is 3.45. The Balaban J connectivity index is 1.75. The van der Waals surface area contributed by atoms with Crippen LogP contribution in [-0.4, -0.2) is 18.5 Å². The average molecular weight is 329 g/mol. The van der Waals surface area contributed by atoms with Gasteiger partial charge < -0.3 is 14.8 Å². The zero-order valence-electron chi connectivity index (χ0n) is 13.2. The smallest absolute Gasteiger partial charge is 0.252 e. The zero-order chi connectivity index (χ0) is 16.2. The highest BCUT2D eigenvalue weighted by atomic mass is 32.2. The third-order valence-corrected chi connectivity index (χ3v) is 4.63. The molecule has 5 heteroatoms. The molecule has 4 nitrogen and oxygen atoms in total. The van der Waals surface area contributed by atoms with Crippen LogP contribution < -0.4 is 14.8 Å². The van der Waals surface area contributed by atoms with E-state index in [1.165, 1.54) is 0 Å². The molecule has 1 heterocycles. The van der Waals surface area contributed by atoms with Crippen molar-refractivity contribution in [1.29, 1.82) is 0 Å². The Labute approximate surface area is 140 Å². The summed E-state index contributed by atoms with van der Waals surface area (Å²) in [5, 5.41) is 3.05. The first kappa shape index (κ1) is 15.7. The van der Waals surface area contributed by atoms with Crippen molar-refractivity contribution in [1.82, 2.24) is 5.32 Å². The Hall–Kier alpha value is -2.14. The predicted octanol–water partition coefficient (Wildman–Crippen LogP) is 4.02. The standard InChI is InChI=1S/C18H19NO3S/c1-3-23-17-7-5-4-6-14(17)18(20)19-12(2)13-8-9-15-16(10-13)22-11-21-15/h4-10,12H,3,11H2,1-2H3,(H,19,20). The monoisotopic (exact) mass is 329 g/mol. The Morgan fingerprint density at radius 3 is 2.83 bits per heavy atom. The maximum atomic E-state index is 12.6. The minimum absolute atomic E-state index is 0.0632. The van der Waals surface area contributed by atoms with Gasteiger partial charge in [-0.3, -0.25) is 4.79 Å². The second kappa shape index (κ2) is 6.96. The third-order valence-electron chi connectivity index (χ3n) is 3.68. The first-order valence-corrected chi connectivity index (χ1v) is 8.60. The lowest BCUT2D eigenvalue weighted by Crippen LogP contribution is -2.27. The number of nitrogens with one attached hydrogen (secondary N) is 1. The normalized spacial score (nSPS) is 13.7. The van der Waals surface area contributed by atoms with Gasteiger partial charge in [0.15, 0.2) is 11.5 Å². The Morgan fingerprint density at radius 1 is 1.22 bits per heavy atom. The fourth-order valence-electron chi connectivity index (χ4n) is 2.48. The Morgan fingerprint density at radius 2 is 2.00 bits per heavy atom. The second-order valence-electron chi connectivity index (χ2n) is 5.24. The number of carbonyl (C=O) groups is 1. The van der Waals surface area contributed by atoms with Crippen molar-refractivity contribution in [2.75, 3.05) is 12.5 Å². The molecule has 0 saturated carbocycles. The van der Waals surface area contributed by atoms with Crippen LogP contribution in [0, 0.1) is 0 Å². The fraction of sp³-hybridized carbons (Fsp3) is 0.278. The van der Waals surface area contributed by atoms with Crippen LogP contribution in [0.15, 0.2) is 47.4 Å². The van der Waals surface area contributed by atoms with Crippen LogP contribution in [-0.2, 0) is 0 Å². The number of hydrogen-bond acceptors (Lipinski definition) is 4. The molecule has 1 atom stereocenters. The van der Waals surface area contributed by atoms with Crippen LogP contribution in [0.3, 0.4) is 0 Å². The number of amides is 1. The minimum atomic E-state index is -0.114. The summed E-state index contributed by atoms with van der Waals surface area (Å²) in [5.74, 6) is 2.34. The molecule has 0 fully saturated rings. The lowest BCUT2D eigenvalue weighted by molar-refractivity contribution is 0.0937. The molecular weight excluding hydrogens is 310 g/mol. The summed E-state index contributed by atoms with van der Waals surface area (Å²) in [6, 6.07) is 13.3. The number of carbonyl (C=O) groups excluding carboxylic acids is 1. The zero-order valence-corrected chi connectivity index (χ0v) is 14.0. The van der Waals surface area contributed by atoms with Crippen LogP contribution in [0.5, 0.6) is 11.5 Å². The van der Waals surface area contributed by atoms with Crippen LogP contribution in [0.25, 0.3) is 0 Å². The van der Waals surface area contributed by atoms with Crippen molar-refractivity contribution < 1.29 is 14.3 Å². The van der Waals surface area contributed by atoms with Crippen LogP contribution in [0.4, 0.5) is 0 Å². The molecule has 1 aliphatic rings. The molecule has 0 saturated heterocycles. The molecule has 1 unspecified atom stereocenters. The summed E-state index contributed by atoms with van der Waals surface area (Å²) >= 11 is 1.67. The summed E-state index contributed by atoms with van der Waals surface area (Å²) < 4.78 is 10.7. The largest absolute Gasteiger partial charge is 0.454 e. The van der Waals surface area contributed by atoms with E-state index in [2.05, 4.69) is 12.2 Å². The van der Waals surface area contributed by atoms with E-state index in [1.807, 2.05) is 49.4 Å². The first-order valence-electron chi connectivity index (χ1n) is 7.61. The topological polar surface area (TPSA) is 47.6 Å². The molecule has 120 valence electrons. The molecular formula is C18H19NO3S. The first-order chi connectivity index (χ1) is 11.2. The van der Waals surface area contributed by atoms with Crippen LogP contribution in [0.2, 0.25) is 0 Å². The Kier molecular flexibility index (Phi) is 4.76. The van der Waals surface area contributed by atoms with Gasteiger partial charge in [0.1, 0.15) is 0 Å². The van der Waals surface area contributed by atoms with Crippen molar-refractivity contribution in [2.45, 2.75) is 24.8 Å². The number of hydrogen-bond donors (Lipinski definition) is 1. The maximum Gasteiger partial charge on any atom is 0.252 e. The lowest BCUT2D eigenvalue weighted by Gasteiger charge is -2.16. The van der Waals surface area contributed by atoms with Crippen molar-refractivity contribution >= 4 is 17.7 Å². The molecule has 0 radical (unpaired) electrons. The maximum absolute atomic E-state index is 12.6. The van der Waals surface area contributed by atoms with Crippen LogP contribution in [0.1, 0.15) is 35.8 Å². The van der Waals surface area contributed by atoms with Crippen molar-refractivity contribution in [3.63, 3.8) is 0 Å². The van der Waals surface area contributed by atoms with E-state index in [0.717, 1.165) is 27.7 Å².